The minimum absolute atomic E-state index is 0.429. The van der Waals surface area contributed by atoms with Crippen molar-refractivity contribution in [1.29, 1.82) is 5.26 Å². The van der Waals surface area contributed by atoms with Gasteiger partial charge in [-0.3, -0.25) is 4.98 Å². The third kappa shape index (κ3) is 2.31. The second-order valence-electron chi connectivity index (χ2n) is 4.34. The lowest BCUT2D eigenvalue weighted by atomic mass is 10.2. The van der Waals surface area contributed by atoms with Crippen LogP contribution < -0.4 is 0 Å². The van der Waals surface area contributed by atoms with E-state index in [2.05, 4.69) is 21.2 Å². The topological polar surface area (TPSA) is 75.6 Å². The Balaban J connectivity index is 1.99. The Morgan fingerprint density at radius 1 is 1.15 bits per heavy atom. The molecule has 0 saturated carbocycles. The Kier molecular flexibility index (Phi) is 3.05. The number of rotatable bonds is 2. The van der Waals surface area contributed by atoms with Gasteiger partial charge in [-0.15, -0.1) is 11.3 Å². The van der Waals surface area contributed by atoms with E-state index in [9.17, 15) is 0 Å². The van der Waals surface area contributed by atoms with Crippen LogP contribution in [0.25, 0.3) is 22.2 Å². The monoisotopic (exact) mass is 282 g/mol. The standard InChI is InChI=1S/C14H10N4OS/c1-8-5-10(6-9(2)16-8)13-17-14(19-18-13)12-4-3-11(7-15)20-12/h3-6H,1-2H3. The summed E-state index contributed by atoms with van der Waals surface area (Å²) in [6.07, 6.45) is 0. The smallest absolute Gasteiger partial charge is 0.268 e. The fraction of sp³-hybridized carbons (Fsp3) is 0.143. The molecule has 3 aromatic heterocycles. The molecular weight excluding hydrogens is 272 g/mol. The number of nitrogens with zero attached hydrogens (tertiary/aromatic N) is 4. The van der Waals surface area contributed by atoms with Crippen molar-refractivity contribution in [3.8, 4) is 28.2 Å². The maximum Gasteiger partial charge on any atom is 0.268 e. The van der Waals surface area contributed by atoms with Gasteiger partial charge in [0.2, 0.25) is 5.82 Å². The lowest BCUT2D eigenvalue weighted by Gasteiger charge is -1.98. The Labute approximate surface area is 119 Å². The highest BCUT2D eigenvalue weighted by molar-refractivity contribution is 7.15. The van der Waals surface area contributed by atoms with Crippen LogP contribution in [0.1, 0.15) is 16.3 Å². The van der Waals surface area contributed by atoms with Crippen molar-refractivity contribution in [2.75, 3.05) is 0 Å². The van der Waals surface area contributed by atoms with Gasteiger partial charge in [0.15, 0.2) is 0 Å². The van der Waals surface area contributed by atoms with E-state index in [0.29, 0.717) is 16.6 Å². The van der Waals surface area contributed by atoms with E-state index in [0.717, 1.165) is 21.8 Å². The van der Waals surface area contributed by atoms with E-state index in [4.69, 9.17) is 9.78 Å². The first-order valence-corrected chi connectivity index (χ1v) is 6.77. The van der Waals surface area contributed by atoms with Crippen molar-refractivity contribution in [2.45, 2.75) is 13.8 Å². The predicted molar refractivity (Wildman–Crippen MR) is 75.0 cm³/mol. The van der Waals surface area contributed by atoms with Crippen LogP contribution in [0, 0.1) is 25.2 Å². The lowest BCUT2D eigenvalue weighted by Crippen LogP contribution is -1.89. The number of thiophene rings is 1. The third-order valence-electron chi connectivity index (χ3n) is 2.69. The minimum atomic E-state index is 0.429. The van der Waals surface area contributed by atoms with Crippen molar-refractivity contribution in [2.24, 2.45) is 0 Å². The molecule has 3 heterocycles. The molecule has 3 rings (SSSR count). The maximum atomic E-state index is 8.83. The van der Waals surface area contributed by atoms with Crippen molar-refractivity contribution < 1.29 is 4.52 Å². The highest BCUT2D eigenvalue weighted by atomic mass is 32.1. The molecule has 20 heavy (non-hydrogen) atoms. The van der Waals surface area contributed by atoms with Crippen LogP contribution >= 0.6 is 11.3 Å². The van der Waals surface area contributed by atoms with Crippen LogP contribution in [0.15, 0.2) is 28.8 Å². The molecule has 0 radical (unpaired) electrons. The molecule has 5 nitrogen and oxygen atoms in total. The minimum Gasteiger partial charge on any atom is -0.333 e. The van der Waals surface area contributed by atoms with Crippen LogP contribution in [-0.2, 0) is 0 Å². The molecule has 0 bridgehead atoms. The quantitative estimate of drug-likeness (QED) is 0.720. The molecular formula is C14H10N4OS. The van der Waals surface area contributed by atoms with E-state index in [1.54, 1.807) is 6.07 Å². The Bertz CT molecular complexity index is 792. The average molecular weight is 282 g/mol. The molecule has 6 heteroatoms. The van der Waals surface area contributed by atoms with Gasteiger partial charge in [-0.1, -0.05) is 5.16 Å². The highest BCUT2D eigenvalue weighted by Crippen LogP contribution is 2.28. The van der Waals surface area contributed by atoms with Gasteiger partial charge >= 0.3 is 0 Å². The Morgan fingerprint density at radius 3 is 2.55 bits per heavy atom. The van der Waals surface area contributed by atoms with Gasteiger partial charge in [0.1, 0.15) is 10.9 Å². The van der Waals surface area contributed by atoms with Gasteiger partial charge in [-0.05, 0) is 38.1 Å². The van der Waals surface area contributed by atoms with Crippen molar-refractivity contribution in [3.05, 3.63) is 40.5 Å². The van der Waals surface area contributed by atoms with E-state index in [1.807, 2.05) is 32.0 Å². The van der Waals surface area contributed by atoms with E-state index in [1.165, 1.54) is 11.3 Å². The van der Waals surface area contributed by atoms with Crippen molar-refractivity contribution in [3.63, 3.8) is 0 Å². The second-order valence-corrected chi connectivity index (χ2v) is 5.42. The van der Waals surface area contributed by atoms with Crippen LogP contribution in [0.4, 0.5) is 0 Å². The summed E-state index contributed by atoms with van der Waals surface area (Å²) in [5.74, 6) is 0.958. The predicted octanol–water partition coefficient (Wildman–Crippen LogP) is 3.35. The van der Waals surface area contributed by atoms with Gasteiger partial charge in [-0.25, -0.2) is 0 Å². The first-order chi connectivity index (χ1) is 9.65. The van der Waals surface area contributed by atoms with Crippen molar-refractivity contribution in [1.82, 2.24) is 15.1 Å². The largest absolute Gasteiger partial charge is 0.333 e. The molecule has 3 aromatic rings. The van der Waals surface area contributed by atoms with Gasteiger partial charge in [0.25, 0.3) is 5.89 Å². The summed E-state index contributed by atoms with van der Waals surface area (Å²) < 4.78 is 5.26. The van der Waals surface area contributed by atoms with Crippen molar-refractivity contribution >= 4 is 11.3 Å². The average Bonchev–Trinajstić information content (AvgIpc) is 3.06. The zero-order valence-electron chi connectivity index (χ0n) is 10.9. The lowest BCUT2D eigenvalue weighted by molar-refractivity contribution is 0.433. The molecule has 0 aliphatic carbocycles. The van der Waals surface area contributed by atoms with Crippen LogP contribution in [0.2, 0.25) is 0 Å². The van der Waals surface area contributed by atoms with Gasteiger partial charge < -0.3 is 4.52 Å². The molecule has 0 spiro atoms. The molecule has 0 atom stereocenters. The summed E-state index contributed by atoms with van der Waals surface area (Å²) in [4.78, 5) is 10.1. The summed E-state index contributed by atoms with van der Waals surface area (Å²) in [6, 6.07) is 9.47. The highest BCUT2D eigenvalue weighted by Gasteiger charge is 2.13. The summed E-state index contributed by atoms with van der Waals surface area (Å²) >= 11 is 1.33. The van der Waals surface area contributed by atoms with Gasteiger partial charge in [-0.2, -0.15) is 10.2 Å². The zero-order chi connectivity index (χ0) is 14.1. The number of pyridine rings is 1. The molecule has 0 aliphatic rings. The van der Waals surface area contributed by atoms with E-state index < -0.39 is 0 Å². The Morgan fingerprint density at radius 2 is 1.90 bits per heavy atom. The zero-order valence-corrected chi connectivity index (χ0v) is 11.7. The summed E-state index contributed by atoms with van der Waals surface area (Å²) in [6.45, 7) is 3.85. The first-order valence-electron chi connectivity index (χ1n) is 5.95. The number of nitriles is 1. The summed E-state index contributed by atoms with van der Waals surface area (Å²) in [5, 5.41) is 12.8. The number of aromatic nitrogens is 3. The fourth-order valence-electron chi connectivity index (χ4n) is 1.92. The fourth-order valence-corrected chi connectivity index (χ4v) is 2.64. The first kappa shape index (κ1) is 12.5. The molecule has 0 fully saturated rings. The number of aryl methyl sites for hydroxylation is 2. The van der Waals surface area contributed by atoms with E-state index >= 15 is 0 Å². The number of hydrogen-bond donors (Lipinski definition) is 0. The summed E-state index contributed by atoms with van der Waals surface area (Å²) in [5.41, 5.74) is 2.70. The van der Waals surface area contributed by atoms with Crippen LogP contribution in [0.5, 0.6) is 0 Å². The third-order valence-corrected chi connectivity index (χ3v) is 3.67. The summed E-state index contributed by atoms with van der Waals surface area (Å²) in [7, 11) is 0. The maximum absolute atomic E-state index is 8.83. The van der Waals surface area contributed by atoms with Crippen LogP contribution in [-0.4, -0.2) is 15.1 Å². The molecule has 0 aliphatic heterocycles. The molecule has 0 amide bonds. The number of hydrogen-bond acceptors (Lipinski definition) is 6. The molecule has 0 unspecified atom stereocenters. The van der Waals surface area contributed by atoms with Gasteiger partial charge in [0.05, 0.1) is 4.88 Å². The van der Waals surface area contributed by atoms with Gasteiger partial charge in [0, 0.05) is 17.0 Å². The van der Waals surface area contributed by atoms with Crippen LogP contribution in [0.3, 0.4) is 0 Å². The molecule has 0 saturated heterocycles. The Hall–Kier alpha value is -2.52. The second kappa shape index (κ2) is 4.87. The molecule has 0 N–H and O–H groups in total. The normalized spacial score (nSPS) is 10.4. The molecule has 98 valence electrons. The van der Waals surface area contributed by atoms with E-state index in [-0.39, 0.29) is 0 Å². The molecule has 0 aromatic carbocycles. The SMILES string of the molecule is Cc1cc(-c2noc(-c3ccc(C#N)s3)n2)cc(C)n1.